The zero-order valence-corrected chi connectivity index (χ0v) is 13.9. The minimum absolute atomic E-state index is 0.0216. The normalized spacial score (nSPS) is 11.8. The summed E-state index contributed by atoms with van der Waals surface area (Å²) >= 11 is 0. The van der Waals surface area contributed by atoms with E-state index in [1.165, 1.54) is 13.2 Å². The molecule has 130 valence electrons. The van der Waals surface area contributed by atoms with Gasteiger partial charge in [-0.3, -0.25) is 0 Å². The molecule has 0 spiro atoms. The van der Waals surface area contributed by atoms with E-state index >= 15 is 0 Å². The standard InChI is InChI=1S/C18H16F3N3O/c1-9-4-15-14(8-16(9)25-3)17(24-10(2)23-15)11-5-12(18(19,20)21)7-13(22)6-11/h4-8H,22H2,1-3H3. The van der Waals surface area contributed by atoms with Gasteiger partial charge in [0.05, 0.1) is 23.9 Å². The van der Waals surface area contributed by atoms with Crippen molar-refractivity contribution >= 4 is 16.6 Å². The smallest absolute Gasteiger partial charge is 0.416 e. The lowest BCUT2D eigenvalue weighted by Crippen LogP contribution is -2.06. The summed E-state index contributed by atoms with van der Waals surface area (Å²) in [5, 5.41) is 0.603. The van der Waals surface area contributed by atoms with Gasteiger partial charge in [0.15, 0.2) is 0 Å². The molecular weight excluding hydrogens is 331 g/mol. The van der Waals surface area contributed by atoms with Crippen LogP contribution in [-0.4, -0.2) is 17.1 Å². The van der Waals surface area contributed by atoms with E-state index in [1.807, 2.05) is 13.0 Å². The van der Waals surface area contributed by atoms with Gasteiger partial charge in [-0.2, -0.15) is 13.2 Å². The molecule has 1 heterocycles. The fourth-order valence-corrected chi connectivity index (χ4v) is 2.77. The number of hydrogen-bond donors (Lipinski definition) is 1. The van der Waals surface area contributed by atoms with Crippen LogP contribution in [-0.2, 0) is 6.18 Å². The number of aromatic nitrogens is 2. The quantitative estimate of drug-likeness (QED) is 0.692. The highest BCUT2D eigenvalue weighted by molar-refractivity contribution is 5.94. The van der Waals surface area contributed by atoms with Crippen LogP contribution in [0.4, 0.5) is 18.9 Å². The van der Waals surface area contributed by atoms with E-state index < -0.39 is 11.7 Å². The lowest BCUT2D eigenvalue weighted by atomic mass is 10.0. The zero-order valence-electron chi connectivity index (χ0n) is 13.9. The first kappa shape index (κ1) is 17.0. The van der Waals surface area contributed by atoms with Gasteiger partial charge in [-0.05, 0) is 49.7 Å². The predicted molar refractivity (Wildman–Crippen MR) is 90.4 cm³/mol. The molecule has 0 aliphatic heterocycles. The number of anilines is 1. The number of halogens is 3. The Morgan fingerprint density at radius 2 is 1.72 bits per heavy atom. The van der Waals surface area contributed by atoms with Crippen molar-refractivity contribution in [3.63, 3.8) is 0 Å². The molecular formula is C18H16F3N3O. The minimum atomic E-state index is -4.49. The van der Waals surface area contributed by atoms with Crippen molar-refractivity contribution in [2.75, 3.05) is 12.8 Å². The molecule has 0 amide bonds. The van der Waals surface area contributed by atoms with Gasteiger partial charge in [-0.15, -0.1) is 0 Å². The van der Waals surface area contributed by atoms with Gasteiger partial charge >= 0.3 is 6.18 Å². The highest BCUT2D eigenvalue weighted by Crippen LogP contribution is 2.36. The molecule has 0 saturated carbocycles. The van der Waals surface area contributed by atoms with E-state index in [-0.39, 0.29) is 11.3 Å². The maximum absolute atomic E-state index is 13.1. The van der Waals surface area contributed by atoms with Gasteiger partial charge in [0.2, 0.25) is 0 Å². The lowest BCUT2D eigenvalue weighted by molar-refractivity contribution is -0.137. The number of nitrogen functional groups attached to an aromatic ring is 1. The summed E-state index contributed by atoms with van der Waals surface area (Å²) in [4.78, 5) is 8.72. The van der Waals surface area contributed by atoms with Crippen LogP contribution in [0.5, 0.6) is 5.75 Å². The first-order valence-electron chi connectivity index (χ1n) is 7.50. The molecule has 0 aliphatic carbocycles. The molecule has 0 bridgehead atoms. The van der Waals surface area contributed by atoms with Crippen molar-refractivity contribution in [2.45, 2.75) is 20.0 Å². The zero-order chi connectivity index (χ0) is 18.4. The average Bonchev–Trinajstić information content (AvgIpc) is 2.52. The van der Waals surface area contributed by atoms with Gasteiger partial charge in [0.1, 0.15) is 11.6 Å². The van der Waals surface area contributed by atoms with Crippen LogP contribution >= 0.6 is 0 Å². The van der Waals surface area contributed by atoms with Crippen molar-refractivity contribution in [3.8, 4) is 17.0 Å². The Morgan fingerprint density at radius 1 is 1.00 bits per heavy atom. The van der Waals surface area contributed by atoms with E-state index in [2.05, 4.69) is 9.97 Å². The van der Waals surface area contributed by atoms with Gasteiger partial charge in [0, 0.05) is 16.6 Å². The number of hydrogen-bond acceptors (Lipinski definition) is 4. The van der Waals surface area contributed by atoms with Crippen LogP contribution in [0.25, 0.3) is 22.2 Å². The minimum Gasteiger partial charge on any atom is -0.496 e. The van der Waals surface area contributed by atoms with Gasteiger partial charge < -0.3 is 10.5 Å². The van der Waals surface area contributed by atoms with E-state index in [9.17, 15) is 13.2 Å². The summed E-state index contributed by atoms with van der Waals surface area (Å²) in [6.45, 7) is 3.57. The number of nitrogens with zero attached hydrogens (tertiary/aromatic N) is 2. The van der Waals surface area contributed by atoms with Crippen LogP contribution in [0.1, 0.15) is 17.0 Å². The van der Waals surface area contributed by atoms with E-state index in [4.69, 9.17) is 10.5 Å². The first-order chi connectivity index (χ1) is 11.7. The molecule has 0 fully saturated rings. The maximum atomic E-state index is 13.1. The second-order valence-electron chi connectivity index (χ2n) is 5.80. The fourth-order valence-electron chi connectivity index (χ4n) is 2.77. The Balaban J connectivity index is 2.34. The average molecular weight is 347 g/mol. The third kappa shape index (κ3) is 3.22. The van der Waals surface area contributed by atoms with Crippen molar-refractivity contribution in [1.82, 2.24) is 9.97 Å². The number of methoxy groups -OCH3 is 1. The summed E-state index contributed by atoms with van der Waals surface area (Å²) in [5.41, 5.74) is 7.08. The number of alkyl halides is 3. The first-order valence-corrected chi connectivity index (χ1v) is 7.50. The van der Waals surface area contributed by atoms with Crippen LogP contribution in [0.15, 0.2) is 30.3 Å². The predicted octanol–water partition coefficient (Wildman–Crippen LogP) is 4.52. The number of rotatable bonds is 2. The number of aryl methyl sites for hydroxylation is 2. The van der Waals surface area contributed by atoms with Crippen molar-refractivity contribution in [1.29, 1.82) is 0 Å². The van der Waals surface area contributed by atoms with Crippen LogP contribution in [0.3, 0.4) is 0 Å². The second kappa shape index (κ2) is 5.91. The molecule has 2 aromatic carbocycles. The van der Waals surface area contributed by atoms with E-state index in [0.29, 0.717) is 28.2 Å². The molecule has 25 heavy (non-hydrogen) atoms. The van der Waals surface area contributed by atoms with Crippen molar-refractivity contribution in [3.05, 3.63) is 47.3 Å². The molecule has 7 heteroatoms. The molecule has 1 aromatic heterocycles. The monoisotopic (exact) mass is 347 g/mol. The number of fused-ring (bicyclic) bond motifs is 1. The Hall–Kier alpha value is -2.83. The lowest BCUT2D eigenvalue weighted by Gasteiger charge is -2.13. The molecule has 2 N–H and O–H groups in total. The van der Waals surface area contributed by atoms with Crippen molar-refractivity contribution < 1.29 is 17.9 Å². The number of nitrogens with two attached hydrogens (primary N) is 1. The third-order valence-corrected chi connectivity index (χ3v) is 3.88. The topological polar surface area (TPSA) is 61.0 Å². The van der Waals surface area contributed by atoms with E-state index in [1.54, 1.807) is 13.0 Å². The van der Waals surface area contributed by atoms with E-state index in [0.717, 1.165) is 17.7 Å². The summed E-state index contributed by atoms with van der Waals surface area (Å²) in [6.07, 6.45) is -4.49. The SMILES string of the molecule is COc1cc2c(-c3cc(N)cc(C(F)(F)F)c3)nc(C)nc2cc1C. The maximum Gasteiger partial charge on any atom is 0.416 e. The Kier molecular flexibility index (Phi) is 4.02. The molecule has 0 saturated heterocycles. The third-order valence-electron chi connectivity index (χ3n) is 3.88. The Bertz CT molecular complexity index is 968. The number of benzene rings is 2. The summed E-state index contributed by atoms with van der Waals surface area (Å²) in [6, 6.07) is 6.98. The fraction of sp³-hybridized carbons (Fsp3) is 0.222. The Morgan fingerprint density at radius 3 is 2.36 bits per heavy atom. The molecule has 3 aromatic rings. The summed E-state index contributed by atoms with van der Waals surface area (Å²) in [7, 11) is 1.53. The van der Waals surface area contributed by atoms with Crippen LogP contribution < -0.4 is 10.5 Å². The highest BCUT2D eigenvalue weighted by atomic mass is 19.4. The van der Waals surface area contributed by atoms with Crippen LogP contribution in [0, 0.1) is 13.8 Å². The molecule has 0 atom stereocenters. The number of ether oxygens (including phenoxy) is 1. The Labute approximate surface area is 142 Å². The summed E-state index contributed by atoms with van der Waals surface area (Å²) in [5.74, 6) is 1.07. The molecule has 0 unspecified atom stereocenters. The summed E-state index contributed by atoms with van der Waals surface area (Å²) < 4.78 is 44.7. The second-order valence-corrected chi connectivity index (χ2v) is 5.80. The van der Waals surface area contributed by atoms with Gasteiger partial charge in [-0.25, -0.2) is 9.97 Å². The molecule has 0 aliphatic rings. The highest BCUT2D eigenvalue weighted by Gasteiger charge is 2.31. The molecule has 3 rings (SSSR count). The molecule has 4 nitrogen and oxygen atoms in total. The van der Waals surface area contributed by atoms with Crippen molar-refractivity contribution in [2.24, 2.45) is 0 Å². The van der Waals surface area contributed by atoms with Gasteiger partial charge in [0.25, 0.3) is 0 Å². The van der Waals surface area contributed by atoms with Crippen LogP contribution in [0.2, 0.25) is 0 Å². The largest absolute Gasteiger partial charge is 0.496 e. The molecule has 0 radical (unpaired) electrons. The van der Waals surface area contributed by atoms with Gasteiger partial charge in [-0.1, -0.05) is 0 Å².